The molecule has 1 aliphatic heterocycles. The van der Waals surface area contributed by atoms with Crippen molar-refractivity contribution in [2.24, 2.45) is 10.3 Å². The van der Waals surface area contributed by atoms with Crippen LogP contribution in [0.25, 0.3) is 11.4 Å². The van der Waals surface area contributed by atoms with Crippen molar-refractivity contribution in [3.63, 3.8) is 0 Å². The summed E-state index contributed by atoms with van der Waals surface area (Å²) in [5.74, 6) is 0.174. The Kier molecular flexibility index (Phi) is 6.49. The zero-order chi connectivity index (χ0) is 25.2. The number of ether oxygens (including phenoxy) is 2. The van der Waals surface area contributed by atoms with Gasteiger partial charge in [-0.2, -0.15) is 4.36 Å². The molecule has 1 aromatic carbocycles. The van der Waals surface area contributed by atoms with Crippen molar-refractivity contribution in [1.82, 2.24) is 9.97 Å². The minimum absolute atomic E-state index is 0.0531. The summed E-state index contributed by atoms with van der Waals surface area (Å²) in [5.41, 5.74) is 1.03. The highest BCUT2D eigenvalue weighted by atomic mass is 32.2. The van der Waals surface area contributed by atoms with Crippen LogP contribution in [-0.2, 0) is 19.3 Å². The largest absolute Gasteiger partial charge is 0.485 e. The molecular weight excluding hydrogens is 468 g/mol. The number of nitrogens with zero attached hydrogens (tertiary/aromatic N) is 2. The molecule has 0 radical (unpaired) electrons. The molecule has 0 spiro atoms. The molecule has 9 nitrogen and oxygen atoms in total. The summed E-state index contributed by atoms with van der Waals surface area (Å²) in [5, 5.41) is 2.88. The maximum atomic E-state index is 12.8. The number of hydrogen-bond donors (Lipinski definition) is 2. The Labute approximate surface area is 203 Å². The van der Waals surface area contributed by atoms with Gasteiger partial charge in [-0.15, -0.1) is 0 Å². The third kappa shape index (κ3) is 5.60. The first-order valence-corrected chi connectivity index (χ1v) is 13.2. The third-order valence-electron chi connectivity index (χ3n) is 5.57. The third-order valence-corrected chi connectivity index (χ3v) is 6.17. The zero-order valence-corrected chi connectivity index (χ0v) is 20.6. The molecule has 2 N–H and O–H groups in total. The predicted octanol–water partition coefficient (Wildman–Crippen LogP) is 4.61. The molecule has 2 aromatic heterocycles. The fraction of sp³-hybridized carbons (Fsp3) is 0.240. The van der Waals surface area contributed by atoms with E-state index < -0.39 is 21.2 Å². The number of aromatic amines is 1. The van der Waals surface area contributed by atoms with Crippen LogP contribution in [-0.4, -0.2) is 44.1 Å². The Morgan fingerprint density at radius 3 is 2.69 bits per heavy atom. The van der Waals surface area contributed by atoms with E-state index in [1.165, 1.54) is 18.7 Å². The molecule has 4 rings (SSSR count). The van der Waals surface area contributed by atoms with Crippen LogP contribution < -0.4 is 10.1 Å². The molecule has 182 valence electrons. The fourth-order valence-electron chi connectivity index (χ4n) is 3.42. The highest BCUT2D eigenvalue weighted by Crippen LogP contribution is 2.32. The second-order valence-electron chi connectivity index (χ2n) is 8.68. The van der Waals surface area contributed by atoms with Crippen molar-refractivity contribution in [3.8, 4) is 22.9 Å². The van der Waals surface area contributed by atoms with Crippen LogP contribution in [0.1, 0.15) is 24.2 Å². The number of aromatic nitrogens is 2. The minimum Gasteiger partial charge on any atom is -0.485 e. The van der Waals surface area contributed by atoms with Crippen LogP contribution in [0.15, 0.2) is 71.6 Å². The number of carbonyl (C=O) groups is 2. The monoisotopic (exact) mass is 494 g/mol. The average molecular weight is 495 g/mol. The Morgan fingerprint density at radius 1 is 1.20 bits per heavy atom. The van der Waals surface area contributed by atoms with Crippen molar-refractivity contribution in [3.05, 3.63) is 72.8 Å². The normalized spacial score (nSPS) is 19.1. The standard InChI is InChI=1S/C25H26N4O5S/c1-16-9-11-33-25(16,2)24(31)28-18-6-5-7-19(13-18)34-20-8-10-26-22(14-20)21-12-17(15-27-21)23(30)29-35(3,4)32/h5-16,27H,1-4H3,(H,28,31). The molecule has 2 unspecified atom stereocenters. The number of anilines is 1. The van der Waals surface area contributed by atoms with E-state index in [9.17, 15) is 13.8 Å². The molecule has 0 saturated heterocycles. The first-order chi connectivity index (χ1) is 16.5. The molecule has 0 saturated carbocycles. The lowest BCUT2D eigenvalue weighted by molar-refractivity contribution is -0.134. The molecular formula is C25H26N4O5S. The number of benzene rings is 1. The Balaban J connectivity index is 1.48. The van der Waals surface area contributed by atoms with Gasteiger partial charge in [-0.05, 0) is 37.3 Å². The quantitative estimate of drug-likeness (QED) is 0.516. The second-order valence-corrected chi connectivity index (χ2v) is 11.2. The molecule has 2 atom stereocenters. The lowest BCUT2D eigenvalue weighted by atomic mass is 9.91. The maximum absolute atomic E-state index is 12.8. The van der Waals surface area contributed by atoms with E-state index in [1.54, 1.807) is 61.8 Å². The topological polar surface area (TPSA) is 123 Å². The minimum atomic E-state index is -2.55. The first kappa shape index (κ1) is 24.2. The van der Waals surface area contributed by atoms with Crippen LogP contribution >= 0.6 is 0 Å². The number of H-pyrrole nitrogens is 1. The summed E-state index contributed by atoms with van der Waals surface area (Å²) in [4.78, 5) is 32.3. The van der Waals surface area contributed by atoms with E-state index in [0.29, 0.717) is 28.6 Å². The van der Waals surface area contributed by atoms with Crippen molar-refractivity contribution < 1.29 is 23.3 Å². The van der Waals surface area contributed by atoms with Gasteiger partial charge in [0.1, 0.15) is 11.5 Å². The van der Waals surface area contributed by atoms with Crippen LogP contribution in [0.5, 0.6) is 11.5 Å². The lowest BCUT2D eigenvalue weighted by Crippen LogP contribution is -2.44. The SMILES string of the molecule is CC1C=COC1(C)C(=O)Nc1cccc(Oc2ccnc(-c3cc(C(=O)N=S(C)(C)=O)c[nH]3)c2)c1. The van der Waals surface area contributed by atoms with E-state index in [-0.39, 0.29) is 17.4 Å². The number of nitrogens with one attached hydrogen (secondary N) is 2. The van der Waals surface area contributed by atoms with Gasteiger partial charge < -0.3 is 19.8 Å². The van der Waals surface area contributed by atoms with E-state index >= 15 is 0 Å². The maximum Gasteiger partial charge on any atom is 0.286 e. The van der Waals surface area contributed by atoms with E-state index in [4.69, 9.17) is 9.47 Å². The van der Waals surface area contributed by atoms with Crippen LogP contribution in [0.4, 0.5) is 5.69 Å². The fourth-order valence-corrected chi connectivity index (χ4v) is 3.92. The van der Waals surface area contributed by atoms with E-state index in [0.717, 1.165) is 0 Å². The van der Waals surface area contributed by atoms with Crippen LogP contribution in [0.3, 0.4) is 0 Å². The Hall–Kier alpha value is -3.92. The van der Waals surface area contributed by atoms with Crippen molar-refractivity contribution >= 4 is 27.2 Å². The number of carbonyl (C=O) groups excluding carboxylic acids is 2. The number of pyridine rings is 1. The van der Waals surface area contributed by atoms with Crippen LogP contribution in [0, 0.1) is 5.92 Å². The van der Waals surface area contributed by atoms with Gasteiger partial charge in [-0.3, -0.25) is 14.6 Å². The van der Waals surface area contributed by atoms with E-state index in [1.807, 2.05) is 13.0 Å². The van der Waals surface area contributed by atoms with Gasteiger partial charge in [0.25, 0.3) is 11.8 Å². The summed E-state index contributed by atoms with van der Waals surface area (Å²) in [7, 11) is -2.55. The van der Waals surface area contributed by atoms with Crippen molar-refractivity contribution in [2.75, 3.05) is 17.8 Å². The zero-order valence-electron chi connectivity index (χ0n) is 19.8. The van der Waals surface area contributed by atoms with Crippen molar-refractivity contribution in [1.29, 1.82) is 0 Å². The van der Waals surface area contributed by atoms with Gasteiger partial charge in [0, 0.05) is 58.4 Å². The van der Waals surface area contributed by atoms with Crippen molar-refractivity contribution in [2.45, 2.75) is 19.4 Å². The summed E-state index contributed by atoms with van der Waals surface area (Å²) in [6, 6.07) is 12.0. The molecule has 0 bridgehead atoms. The Bertz CT molecular complexity index is 1430. The molecule has 3 heterocycles. The molecule has 35 heavy (non-hydrogen) atoms. The molecule has 1 aliphatic rings. The number of hydrogen-bond acceptors (Lipinski definition) is 6. The summed E-state index contributed by atoms with van der Waals surface area (Å²) in [6.07, 6.45) is 9.29. The summed E-state index contributed by atoms with van der Waals surface area (Å²) >= 11 is 0. The summed E-state index contributed by atoms with van der Waals surface area (Å²) in [6.45, 7) is 3.68. The highest BCUT2D eigenvalue weighted by Gasteiger charge is 2.42. The van der Waals surface area contributed by atoms with Gasteiger partial charge in [-0.1, -0.05) is 13.0 Å². The lowest BCUT2D eigenvalue weighted by Gasteiger charge is -2.27. The van der Waals surface area contributed by atoms with Crippen LogP contribution in [0.2, 0.25) is 0 Å². The smallest absolute Gasteiger partial charge is 0.286 e. The molecule has 3 aromatic rings. The number of rotatable bonds is 6. The molecule has 0 fully saturated rings. The predicted molar refractivity (Wildman–Crippen MR) is 134 cm³/mol. The molecule has 2 amide bonds. The summed E-state index contributed by atoms with van der Waals surface area (Å²) < 4.78 is 27.0. The van der Waals surface area contributed by atoms with Gasteiger partial charge in [0.15, 0.2) is 5.60 Å². The van der Waals surface area contributed by atoms with Gasteiger partial charge in [-0.25, -0.2) is 4.21 Å². The second kappa shape index (κ2) is 9.38. The Morgan fingerprint density at radius 2 is 1.97 bits per heavy atom. The van der Waals surface area contributed by atoms with Gasteiger partial charge in [0.05, 0.1) is 23.2 Å². The molecule has 10 heteroatoms. The first-order valence-electron chi connectivity index (χ1n) is 10.8. The van der Waals surface area contributed by atoms with Gasteiger partial charge in [0.2, 0.25) is 0 Å². The van der Waals surface area contributed by atoms with E-state index in [2.05, 4.69) is 19.6 Å². The molecule has 0 aliphatic carbocycles. The average Bonchev–Trinajstić information content (AvgIpc) is 3.41. The number of amides is 2. The van der Waals surface area contributed by atoms with Gasteiger partial charge >= 0.3 is 0 Å². The highest BCUT2D eigenvalue weighted by molar-refractivity contribution is 7.92.